The summed E-state index contributed by atoms with van der Waals surface area (Å²) in [4.78, 5) is 15.3. The van der Waals surface area contributed by atoms with E-state index in [9.17, 15) is 9.18 Å². The van der Waals surface area contributed by atoms with Gasteiger partial charge in [-0.05, 0) is 24.6 Å². The third-order valence-electron chi connectivity index (χ3n) is 2.88. The third-order valence-corrected chi connectivity index (χ3v) is 3.68. The van der Waals surface area contributed by atoms with E-state index in [4.69, 9.17) is 0 Å². The minimum absolute atomic E-state index is 0.224. The highest BCUT2D eigenvalue weighted by atomic mass is 32.1. The summed E-state index contributed by atoms with van der Waals surface area (Å²) in [7, 11) is 0. The molecule has 0 radical (unpaired) electrons. The Kier molecular flexibility index (Phi) is 5.27. The molecule has 21 heavy (non-hydrogen) atoms. The van der Waals surface area contributed by atoms with Crippen molar-refractivity contribution in [2.24, 2.45) is 0 Å². The van der Waals surface area contributed by atoms with Crippen LogP contribution in [0.4, 0.5) is 15.2 Å². The van der Waals surface area contributed by atoms with E-state index in [0.717, 1.165) is 24.5 Å². The van der Waals surface area contributed by atoms with Gasteiger partial charge in [0.25, 0.3) is 0 Å². The van der Waals surface area contributed by atoms with Gasteiger partial charge in [-0.2, -0.15) is 0 Å². The van der Waals surface area contributed by atoms with Gasteiger partial charge in [-0.1, -0.05) is 13.3 Å². The first-order valence-corrected chi connectivity index (χ1v) is 7.75. The maximum absolute atomic E-state index is 14.1. The van der Waals surface area contributed by atoms with Gasteiger partial charge < -0.3 is 10.6 Å². The molecule has 2 N–H and O–H groups in total. The standard InChI is InChI=1S/C15H18FN3OS/c1-3-4-7-17-15-19-14(9-21-15)12-6-5-11(8-13(12)16)18-10(2)20/h5-6,8-9H,3-4,7H2,1-2H3,(H,17,19)(H,18,20). The number of anilines is 2. The van der Waals surface area contributed by atoms with Crippen LogP contribution < -0.4 is 10.6 Å². The quantitative estimate of drug-likeness (QED) is 0.789. The number of thiazole rings is 1. The fraction of sp³-hybridized carbons (Fsp3) is 0.333. The first-order valence-electron chi connectivity index (χ1n) is 6.87. The molecular weight excluding hydrogens is 289 g/mol. The summed E-state index contributed by atoms with van der Waals surface area (Å²) in [6, 6.07) is 4.61. The Balaban J connectivity index is 2.12. The molecule has 1 amide bonds. The number of rotatable bonds is 6. The number of aromatic nitrogens is 1. The van der Waals surface area contributed by atoms with Crippen molar-refractivity contribution >= 4 is 28.1 Å². The summed E-state index contributed by atoms with van der Waals surface area (Å²) in [5.74, 6) is -0.620. The zero-order chi connectivity index (χ0) is 15.2. The molecule has 112 valence electrons. The third kappa shape index (κ3) is 4.26. The van der Waals surface area contributed by atoms with Crippen molar-refractivity contribution in [2.75, 3.05) is 17.2 Å². The highest BCUT2D eigenvalue weighted by molar-refractivity contribution is 7.14. The van der Waals surface area contributed by atoms with Gasteiger partial charge in [-0.15, -0.1) is 11.3 Å². The number of carbonyl (C=O) groups excluding carboxylic acids is 1. The molecule has 4 nitrogen and oxygen atoms in total. The SMILES string of the molecule is CCCCNc1nc(-c2ccc(NC(C)=O)cc2F)cs1. The van der Waals surface area contributed by atoms with E-state index >= 15 is 0 Å². The maximum Gasteiger partial charge on any atom is 0.221 e. The van der Waals surface area contributed by atoms with Crippen LogP contribution in [0.3, 0.4) is 0 Å². The molecule has 0 saturated heterocycles. The molecule has 2 aromatic rings. The van der Waals surface area contributed by atoms with E-state index in [1.54, 1.807) is 12.1 Å². The van der Waals surface area contributed by atoms with Crippen molar-refractivity contribution in [1.82, 2.24) is 4.98 Å². The summed E-state index contributed by atoms with van der Waals surface area (Å²) in [6.45, 7) is 4.38. The first kappa shape index (κ1) is 15.4. The van der Waals surface area contributed by atoms with Crippen molar-refractivity contribution in [2.45, 2.75) is 26.7 Å². The molecule has 0 fully saturated rings. The van der Waals surface area contributed by atoms with Gasteiger partial charge in [0.2, 0.25) is 5.91 Å². The van der Waals surface area contributed by atoms with E-state index in [-0.39, 0.29) is 5.91 Å². The molecule has 0 unspecified atom stereocenters. The number of amides is 1. The van der Waals surface area contributed by atoms with Gasteiger partial charge in [-0.25, -0.2) is 9.37 Å². The molecule has 1 heterocycles. The van der Waals surface area contributed by atoms with Crippen LogP contribution >= 0.6 is 11.3 Å². The van der Waals surface area contributed by atoms with E-state index < -0.39 is 5.82 Å². The summed E-state index contributed by atoms with van der Waals surface area (Å²) in [6.07, 6.45) is 2.19. The highest BCUT2D eigenvalue weighted by Crippen LogP contribution is 2.28. The molecule has 6 heteroatoms. The van der Waals surface area contributed by atoms with Crippen LogP contribution in [0.25, 0.3) is 11.3 Å². The molecule has 0 atom stereocenters. The van der Waals surface area contributed by atoms with E-state index in [0.29, 0.717) is 16.9 Å². The van der Waals surface area contributed by atoms with Crippen LogP contribution in [0.2, 0.25) is 0 Å². The van der Waals surface area contributed by atoms with E-state index in [2.05, 4.69) is 22.5 Å². The molecule has 1 aromatic heterocycles. The molecule has 0 aliphatic rings. The predicted octanol–water partition coefficient (Wildman–Crippen LogP) is 4.12. The van der Waals surface area contributed by atoms with E-state index in [1.807, 2.05) is 5.38 Å². The highest BCUT2D eigenvalue weighted by Gasteiger charge is 2.10. The number of hydrogen-bond donors (Lipinski definition) is 2. The van der Waals surface area contributed by atoms with Crippen molar-refractivity contribution in [3.05, 3.63) is 29.4 Å². The lowest BCUT2D eigenvalue weighted by atomic mass is 10.1. The Hall–Kier alpha value is -1.95. The summed E-state index contributed by atoms with van der Waals surface area (Å²) in [5, 5.41) is 8.39. The van der Waals surface area contributed by atoms with Gasteiger partial charge in [0.1, 0.15) is 5.82 Å². The van der Waals surface area contributed by atoms with Gasteiger partial charge in [0, 0.05) is 30.1 Å². The minimum Gasteiger partial charge on any atom is -0.362 e. The molecular formula is C15H18FN3OS. The number of halogens is 1. The summed E-state index contributed by atoms with van der Waals surface area (Å²) >= 11 is 1.46. The van der Waals surface area contributed by atoms with Crippen molar-refractivity contribution in [1.29, 1.82) is 0 Å². The number of nitrogens with zero attached hydrogens (tertiary/aromatic N) is 1. The van der Waals surface area contributed by atoms with Gasteiger partial charge in [0.05, 0.1) is 5.69 Å². The molecule has 2 rings (SSSR count). The van der Waals surface area contributed by atoms with Crippen LogP contribution in [-0.2, 0) is 4.79 Å². The van der Waals surface area contributed by atoms with Crippen LogP contribution in [0.5, 0.6) is 0 Å². The fourth-order valence-corrected chi connectivity index (χ4v) is 2.59. The van der Waals surface area contributed by atoms with E-state index in [1.165, 1.54) is 24.3 Å². The lowest BCUT2D eigenvalue weighted by molar-refractivity contribution is -0.114. The Morgan fingerprint density at radius 1 is 1.43 bits per heavy atom. The Morgan fingerprint density at radius 2 is 2.24 bits per heavy atom. The lowest BCUT2D eigenvalue weighted by Gasteiger charge is -2.05. The topological polar surface area (TPSA) is 54.0 Å². The molecule has 1 aromatic carbocycles. The van der Waals surface area contributed by atoms with Crippen LogP contribution in [-0.4, -0.2) is 17.4 Å². The number of unbranched alkanes of at least 4 members (excludes halogenated alkanes) is 1. The maximum atomic E-state index is 14.1. The van der Waals surface area contributed by atoms with Crippen molar-refractivity contribution in [3.8, 4) is 11.3 Å². The first-order chi connectivity index (χ1) is 10.1. The second-order valence-corrected chi connectivity index (χ2v) is 5.55. The second-order valence-electron chi connectivity index (χ2n) is 4.69. The number of nitrogens with one attached hydrogen (secondary N) is 2. The predicted molar refractivity (Wildman–Crippen MR) is 85.2 cm³/mol. The minimum atomic E-state index is -0.397. The Labute approximate surface area is 127 Å². The van der Waals surface area contributed by atoms with Crippen LogP contribution in [0.15, 0.2) is 23.6 Å². The van der Waals surface area contributed by atoms with Crippen LogP contribution in [0, 0.1) is 5.82 Å². The largest absolute Gasteiger partial charge is 0.362 e. The van der Waals surface area contributed by atoms with Gasteiger partial charge >= 0.3 is 0 Å². The Bertz CT molecular complexity index is 627. The van der Waals surface area contributed by atoms with Crippen LogP contribution in [0.1, 0.15) is 26.7 Å². The monoisotopic (exact) mass is 307 g/mol. The number of carbonyl (C=O) groups is 1. The molecule has 0 aliphatic carbocycles. The van der Waals surface area contributed by atoms with Gasteiger partial charge in [0.15, 0.2) is 5.13 Å². The average Bonchev–Trinajstić information content (AvgIpc) is 2.87. The molecule has 0 bridgehead atoms. The average molecular weight is 307 g/mol. The summed E-state index contributed by atoms with van der Waals surface area (Å²) in [5.41, 5.74) is 1.48. The van der Waals surface area contributed by atoms with Crippen molar-refractivity contribution in [3.63, 3.8) is 0 Å². The Morgan fingerprint density at radius 3 is 2.90 bits per heavy atom. The number of benzene rings is 1. The molecule has 0 spiro atoms. The lowest BCUT2D eigenvalue weighted by Crippen LogP contribution is -2.06. The second kappa shape index (κ2) is 7.17. The molecule has 0 saturated carbocycles. The molecule has 0 aliphatic heterocycles. The van der Waals surface area contributed by atoms with Crippen molar-refractivity contribution < 1.29 is 9.18 Å². The smallest absolute Gasteiger partial charge is 0.221 e. The number of hydrogen-bond acceptors (Lipinski definition) is 4. The zero-order valence-electron chi connectivity index (χ0n) is 12.1. The normalized spacial score (nSPS) is 10.4. The zero-order valence-corrected chi connectivity index (χ0v) is 12.9. The fourth-order valence-electron chi connectivity index (χ4n) is 1.85. The van der Waals surface area contributed by atoms with Gasteiger partial charge in [-0.3, -0.25) is 4.79 Å². The summed E-state index contributed by atoms with van der Waals surface area (Å²) < 4.78 is 14.1.